The molecule has 38 heavy (non-hydrogen) atoms. The van der Waals surface area contributed by atoms with Crippen LogP contribution in [0, 0.1) is 12.7 Å². The Morgan fingerprint density at radius 2 is 1.95 bits per heavy atom. The highest BCUT2D eigenvalue weighted by Gasteiger charge is 2.32. The van der Waals surface area contributed by atoms with Crippen LogP contribution in [0.1, 0.15) is 22.7 Å². The number of hydrogen-bond donors (Lipinski definition) is 1. The molecule has 1 aliphatic rings. The molecule has 8 heteroatoms. The molecule has 1 unspecified atom stereocenters. The van der Waals surface area contributed by atoms with Gasteiger partial charge in [0, 0.05) is 36.4 Å². The summed E-state index contributed by atoms with van der Waals surface area (Å²) in [6.07, 6.45) is 0.765. The molecule has 0 radical (unpaired) electrons. The lowest BCUT2D eigenvalue weighted by atomic mass is 9.93. The Hall–Kier alpha value is -3.49. The van der Waals surface area contributed by atoms with Crippen LogP contribution in [-0.2, 0) is 13.0 Å². The van der Waals surface area contributed by atoms with E-state index in [2.05, 4.69) is 18.5 Å². The monoisotopic (exact) mass is 538 g/mol. The fourth-order valence-corrected chi connectivity index (χ4v) is 6.08. The summed E-state index contributed by atoms with van der Waals surface area (Å²) in [7, 11) is 1.35. The molecule has 2 aromatic carbocycles. The lowest BCUT2D eigenvalue weighted by Crippen LogP contribution is -2.33. The SMILES string of the molecule is C=C/C(F)=C(/Cc1c(C)c(-c2cccc(OC)c2F)c(=O)n2c1SCC2CNCc1ccccc1)C(=C)F. The van der Waals surface area contributed by atoms with Crippen molar-refractivity contribution in [1.82, 2.24) is 9.88 Å². The number of thioether (sulfide) groups is 1. The van der Waals surface area contributed by atoms with E-state index in [1.165, 1.54) is 31.0 Å². The molecule has 1 aromatic heterocycles. The Labute approximate surface area is 224 Å². The normalized spacial score (nSPS) is 15.1. The van der Waals surface area contributed by atoms with E-state index in [0.29, 0.717) is 35.0 Å². The standard InChI is InChI=1S/C30H29F3N2O2S/c1-5-25(32)24(19(3)31)14-23-18(2)27(22-12-9-13-26(37-4)28(22)33)29(36)35-21(17-38-30(23)35)16-34-15-20-10-7-6-8-11-20/h5-13,21,34H,1,3,14-17H2,2,4H3/b25-24+. The molecular weight excluding hydrogens is 509 g/mol. The molecule has 4 nitrogen and oxygen atoms in total. The van der Waals surface area contributed by atoms with Crippen molar-refractivity contribution in [2.24, 2.45) is 0 Å². The smallest absolute Gasteiger partial charge is 0.260 e. The Kier molecular flexibility index (Phi) is 8.64. The summed E-state index contributed by atoms with van der Waals surface area (Å²) < 4.78 is 51.1. The largest absolute Gasteiger partial charge is 0.494 e. The van der Waals surface area contributed by atoms with E-state index in [9.17, 15) is 13.6 Å². The van der Waals surface area contributed by atoms with Gasteiger partial charge >= 0.3 is 0 Å². The first-order chi connectivity index (χ1) is 18.3. The summed E-state index contributed by atoms with van der Waals surface area (Å²) in [5, 5.41) is 4.01. The molecule has 0 spiro atoms. The van der Waals surface area contributed by atoms with Gasteiger partial charge in [-0.15, -0.1) is 11.8 Å². The van der Waals surface area contributed by atoms with E-state index in [1.807, 2.05) is 30.3 Å². The van der Waals surface area contributed by atoms with Crippen molar-refractivity contribution in [3.05, 3.63) is 118 Å². The van der Waals surface area contributed by atoms with E-state index >= 15 is 4.39 Å². The third-order valence-electron chi connectivity index (χ3n) is 6.67. The third kappa shape index (κ3) is 5.37. The number of halogens is 3. The summed E-state index contributed by atoms with van der Waals surface area (Å²) in [6, 6.07) is 14.2. The highest BCUT2D eigenvalue weighted by atomic mass is 32.2. The van der Waals surface area contributed by atoms with Crippen LogP contribution in [0.15, 0.2) is 94.8 Å². The molecule has 0 aliphatic carbocycles. The number of methoxy groups -OCH3 is 1. The number of hydrogen-bond acceptors (Lipinski definition) is 4. The fourth-order valence-electron chi connectivity index (χ4n) is 4.69. The lowest BCUT2D eigenvalue weighted by molar-refractivity contribution is 0.387. The van der Waals surface area contributed by atoms with Gasteiger partial charge in [-0.3, -0.25) is 9.36 Å². The highest BCUT2D eigenvalue weighted by molar-refractivity contribution is 7.99. The quantitative estimate of drug-likeness (QED) is 0.287. The topological polar surface area (TPSA) is 43.3 Å². The Balaban J connectivity index is 1.85. The average Bonchev–Trinajstić information content (AvgIpc) is 3.33. The van der Waals surface area contributed by atoms with E-state index in [1.54, 1.807) is 17.6 Å². The molecular formula is C30H29F3N2O2S. The molecule has 0 bridgehead atoms. The van der Waals surface area contributed by atoms with Crippen LogP contribution in [0.25, 0.3) is 11.1 Å². The van der Waals surface area contributed by atoms with Gasteiger partial charge in [0.1, 0.15) is 11.7 Å². The first kappa shape index (κ1) is 27.5. The predicted octanol–water partition coefficient (Wildman–Crippen LogP) is 6.84. The lowest BCUT2D eigenvalue weighted by Gasteiger charge is -2.21. The summed E-state index contributed by atoms with van der Waals surface area (Å²) >= 11 is 1.45. The second-order valence-corrected chi connectivity index (χ2v) is 9.98. The van der Waals surface area contributed by atoms with Gasteiger partial charge in [-0.1, -0.05) is 55.6 Å². The van der Waals surface area contributed by atoms with Gasteiger partial charge in [-0.05, 0) is 35.8 Å². The van der Waals surface area contributed by atoms with E-state index in [4.69, 9.17) is 4.74 Å². The maximum Gasteiger partial charge on any atom is 0.260 e. The van der Waals surface area contributed by atoms with E-state index in [-0.39, 0.29) is 40.5 Å². The minimum Gasteiger partial charge on any atom is -0.494 e. The van der Waals surface area contributed by atoms with Crippen molar-refractivity contribution in [2.45, 2.75) is 31.0 Å². The Bertz CT molecular complexity index is 1460. The van der Waals surface area contributed by atoms with Crippen LogP contribution in [0.2, 0.25) is 0 Å². The number of aromatic nitrogens is 1. The zero-order chi connectivity index (χ0) is 27.4. The van der Waals surface area contributed by atoms with Gasteiger partial charge in [0.05, 0.1) is 23.7 Å². The first-order valence-corrected chi connectivity index (χ1v) is 13.1. The van der Waals surface area contributed by atoms with Gasteiger partial charge in [0.15, 0.2) is 11.6 Å². The number of rotatable bonds is 10. The molecule has 2 heterocycles. The summed E-state index contributed by atoms with van der Waals surface area (Å²) in [5.74, 6) is -1.86. The molecule has 0 saturated heterocycles. The number of ether oxygens (including phenoxy) is 1. The van der Waals surface area contributed by atoms with Gasteiger partial charge in [-0.25, -0.2) is 13.2 Å². The van der Waals surface area contributed by atoms with Crippen LogP contribution in [0.4, 0.5) is 13.2 Å². The van der Waals surface area contributed by atoms with Crippen LogP contribution in [-0.4, -0.2) is 24.0 Å². The Morgan fingerprint density at radius 3 is 2.61 bits per heavy atom. The maximum absolute atomic E-state index is 15.4. The predicted molar refractivity (Wildman–Crippen MR) is 148 cm³/mol. The number of allylic oxidation sites excluding steroid dienone is 4. The molecule has 1 aliphatic heterocycles. The molecule has 1 atom stereocenters. The maximum atomic E-state index is 15.4. The van der Waals surface area contributed by atoms with Crippen molar-refractivity contribution in [3.8, 4) is 16.9 Å². The molecule has 1 N–H and O–H groups in total. The highest BCUT2D eigenvalue weighted by Crippen LogP contribution is 2.41. The number of nitrogens with zero attached hydrogens (tertiary/aromatic N) is 1. The average molecular weight is 539 g/mol. The van der Waals surface area contributed by atoms with Gasteiger partial charge in [0.25, 0.3) is 5.56 Å². The van der Waals surface area contributed by atoms with Crippen LogP contribution in [0.3, 0.4) is 0 Å². The van der Waals surface area contributed by atoms with Crippen LogP contribution in [0.5, 0.6) is 5.75 Å². The number of benzene rings is 2. The van der Waals surface area contributed by atoms with Crippen LogP contribution >= 0.6 is 11.8 Å². The van der Waals surface area contributed by atoms with E-state index < -0.39 is 17.5 Å². The summed E-state index contributed by atoms with van der Waals surface area (Å²) in [4.78, 5) is 14.0. The van der Waals surface area contributed by atoms with Crippen molar-refractivity contribution in [2.75, 3.05) is 19.4 Å². The first-order valence-electron chi connectivity index (χ1n) is 12.1. The molecule has 0 amide bonds. The molecule has 0 fully saturated rings. The fraction of sp³-hybridized carbons (Fsp3) is 0.233. The van der Waals surface area contributed by atoms with Gasteiger partial charge in [0.2, 0.25) is 0 Å². The molecule has 3 aromatic rings. The summed E-state index contributed by atoms with van der Waals surface area (Å²) in [5.41, 5.74) is 1.69. The Morgan fingerprint density at radius 1 is 1.21 bits per heavy atom. The number of fused-ring (bicyclic) bond motifs is 1. The molecule has 0 saturated carbocycles. The minimum atomic E-state index is -0.926. The minimum absolute atomic E-state index is 0.000719. The second-order valence-electron chi connectivity index (χ2n) is 8.97. The number of pyridine rings is 1. The zero-order valence-corrected chi connectivity index (χ0v) is 22.1. The third-order valence-corrected chi connectivity index (χ3v) is 7.94. The van der Waals surface area contributed by atoms with Gasteiger partial charge in [-0.2, -0.15) is 0 Å². The van der Waals surface area contributed by atoms with Crippen molar-refractivity contribution in [1.29, 1.82) is 0 Å². The van der Waals surface area contributed by atoms with Crippen molar-refractivity contribution >= 4 is 11.8 Å². The van der Waals surface area contributed by atoms with Crippen molar-refractivity contribution < 1.29 is 17.9 Å². The zero-order valence-electron chi connectivity index (χ0n) is 21.3. The van der Waals surface area contributed by atoms with Gasteiger partial charge < -0.3 is 10.1 Å². The molecule has 198 valence electrons. The van der Waals surface area contributed by atoms with Crippen molar-refractivity contribution in [3.63, 3.8) is 0 Å². The summed E-state index contributed by atoms with van der Waals surface area (Å²) in [6.45, 7) is 9.47. The number of nitrogens with one attached hydrogen (secondary N) is 1. The van der Waals surface area contributed by atoms with Crippen LogP contribution < -0.4 is 15.6 Å². The molecule has 4 rings (SSSR count). The second kappa shape index (κ2) is 11.9. The van der Waals surface area contributed by atoms with E-state index in [0.717, 1.165) is 11.6 Å².